The number of carbonyl (C=O) groups is 1. The Labute approximate surface area is 78.5 Å². The number of hydrogen-bond acceptors (Lipinski definition) is 4. The fourth-order valence-corrected chi connectivity index (χ4v) is 0.849. The first-order valence-electron chi connectivity index (χ1n) is 4.39. The van der Waals surface area contributed by atoms with E-state index in [1.807, 2.05) is 0 Å². The van der Waals surface area contributed by atoms with Crippen LogP contribution in [0.4, 0.5) is 0 Å². The molecule has 0 spiro atoms. The van der Waals surface area contributed by atoms with Crippen LogP contribution in [0, 0.1) is 5.41 Å². The third-order valence-corrected chi connectivity index (χ3v) is 1.85. The maximum absolute atomic E-state index is 11.4. The summed E-state index contributed by atoms with van der Waals surface area (Å²) in [5.74, 6) is -0.459. The maximum atomic E-state index is 11.4. The van der Waals surface area contributed by atoms with Crippen molar-refractivity contribution in [3.8, 4) is 0 Å². The van der Waals surface area contributed by atoms with Gasteiger partial charge in [-0.1, -0.05) is 0 Å². The summed E-state index contributed by atoms with van der Waals surface area (Å²) < 4.78 is 4.95. The van der Waals surface area contributed by atoms with Crippen LogP contribution < -0.4 is 0 Å². The first-order valence-corrected chi connectivity index (χ1v) is 4.39. The van der Waals surface area contributed by atoms with Crippen molar-refractivity contribution in [2.45, 2.75) is 33.3 Å². The summed E-state index contributed by atoms with van der Waals surface area (Å²) in [4.78, 5) is 11.4. The molecule has 0 amide bonds. The monoisotopic (exact) mass is 190 g/mol. The number of rotatable bonds is 5. The van der Waals surface area contributed by atoms with E-state index in [0.29, 0.717) is 0 Å². The molecule has 0 saturated heterocycles. The van der Waals surface area contributed by atoms with E-state index in [9.17, 15) is 4.79 Å². The molecule has 78 valence electrons. The van der Waals surface area contributed by atoms with Crippen molar-refractivity contribution < 1.29 is 19.7 Å². The van der Waals surface area contributed by atoms with Gasteiger partial charge in [-0.2, -0.15) is 0 Å². The van der Waals surface area contributed by atoms with Gasteiger partial charge in [0.25, 0.3) is 0 Å². The molecule has 2 N–H and O–H groups in total. The minimum Gasteiger partial charge on any atom is -0.462 e. The van der Waals surface area contributed by atoms with Gasteiger partial charge < -0.3 is 14.9 Å². The van der Waals surface area contributed by atoms with Crippen LogP contribution in [0.1, 0.15) is 27.2 Å². The second kappa shape index (κ2) is 5.19. The zero-order valence-corrected chi connectivity index (χ0v) is 8.41. The Morgan fingerprint density at radius 2 is 2.00 bits per heavy atom. The number of aliphatic hydroxyl groups excluding tert-OH is 2. The number of esters is 1. The van der Waals surface area contributed by atoms with Crippen molar-refractivity contribution in [3.63, 3.8) is 0 Å². The number of aliphatic hydroxyl groups is 2. The lowest BCUT2D eigenvalue weighted by Crippen LogP contribution is -2.35. The highest BCUT2D eigenvalue weighted by Crippen LogP contribution is 2.22. The van der Waals surface area contributed by atoms with Gasteiger partial charge in [0.1, 0.15) is 0 Å². The highest BCUT2D eigenvalue weighted by molar-refractivity contribution is 5.76. The van der Waals surface area contributed by atoms with Crippen LogP contribution >= 0.6 is 0 Å². The second-order valence-electron chi connectivity index (χ2n) is 3.65. The lowest BCUT2D eigenvalue weighted by molar-refractivity contribution is -0.162. The first-order chi connectivity index (χ1) is 5.96. The van der Waals surface area contributed by atoms with Gasteiger partial charge in [-0.15, -0.1) is 0 Å². The van der Waals surface area contributed by atoms with E-state index in [1.165, 1.54) is 0 Å². The SMILES string of the molecule is CC(C)OC(=O)C(C)(CO)CCO. The molecule has 0 aliphatic rings. The van der Waals surface area contributed by atoms with Gasteiger partial charge in [-0.25, -0.2) is 0 Å². The van der Waals surface area contributed by atoms with E-state index in [2.05, 4.69) is 0 Å². The zero-order valence-electron chi connectivity index (χ0n) is 8.41. The highest BCUT2D eigenvalue weighted by Gasteiger charge is 2.34. The Morgan fingerprint density at radius 1 is 1.46 bits per heavy atom. The molecule has 4 nitrogen and oxygen atoms in total. The maximum Gasteiger partial charge on any atom is 0.314 e. The van der Waals surface area contributed by atoms with Gasteiger partial charge in [-0.3, -0.25) is 4.79 Å². The summed E-state index contributed by atoms with van der Waals surface area (Å²) >= 11 is 0. The van der Waals surface area contributed by atoms with E-state index in [-0.39, 0.29) is 25.7 Å². The van der Waals surface area contributed by atoms with Gasteiger partial charge in [0.15, 0.2) is 0 Å². The number of hydrogen-bond donors (Lipinski definition) is 2. The van der Waals surface area contributed by atoms with Crippen LogP contribution in [0.2, 0.25) is 0 Å². The predicted molar refractivity (Wildman–Crippen MR) is 48.1 cm³/mol. The lowest BCUT2D eigenvalue weighted by Gasteiger charge is -2.25. The van der Waals surface area contributed by atoms with E-state index in [1.54, 1.807) is 20.8 Å². The molecule has 0 aliphatic heterocycles. The molecule has 0 saturated carbocycles. The molecule has 1 unspecified atom stereocenters. The molecule has 1 atom stereocenters. The molecule has 0 bridgehead atoms. The summed E-state index contributed by atoms with van der Waals surface area (Å²) in [5, 5.41) is 17.7. The molecule has 0 aromatic heterocycles. The largest absolute Gasteiger partial charge is 0.462 e. The fraction of sp³-hybridized carbons (Fsp3) is 0.889. The summed E-state index contributed by atoms with van der Waals surface area (Å²) in [7, 11) is 0. The molecule has 0 aromatic rings. The van der Waals surface area contributed by atoms with Crippen molar-refractivity contribution in [3.05, 3.63) is 0 Å². The smallest absolute Gasteiger partial charge is 0.314 e. The summed E-state index contributed by atoms with van der Waals surface area (Å²) in [6, 6.07) is 0. The number of ether oxygens (including phenoxy) is 1. The normalized spacial score (nSPS) is 15.5. The standard InChI is InChI=1S/C9H18O4/c1-7(2)13-8(12)9(3,6-11)4-5-10/h7,10-11H,4-6H2,1-3H3. The van der Waals surface area contributed by atoms with Gasteiger partial charge in [0.2, 0.25) is 0 Å². The topological polar surface area (TPSA) is 66.8 Å². The van der Waals surface area contributed by atoms with Crippen LogP contribution in [0.3, 0.4) is 0 Å². The van der Waals surface area contributed by atoms with Crippen LogP contribution in [0.5, 0.6) is 0 Å². The Hall–Kier alpha value is -0.610. The summed E-state index contributed by atoms with van der Waals surface area (Å²) in [5.41, 5.74) is -0.973. The Bertz CT molecular complexity index is 167. The Kier molecular flexibility index (Phi) is 4.95. The molecule has 0 aliphatic carbocycles. The van der Waals surface area contributed by atoms with Crippen molar-refractivity contribution in [1.29, 1.82) is 0 Å². The van der Waals surface area contributed by atoms with E-state index in [4.69, 9.17) is 14.9 Å². The van der Waals surface area contributed by atoms with Crippen molar-refractivity contribution in [2.75, 3.05) is 13.2 Å². The van der Waals surface area contributed by atoms with Crippen LogP contribution in [-0.4, -0.2) is 35.5 Å². The average Bonchev–Trinajstić information content (AvgIpc) is 2.03. The molecule has 0 aromatic carbocycles. The van der Waals surface area contributed by atoms with Crippen LogP contribution in [0.25, 0.3) is 0 Å². The van der Waals surface area contributed by atoms with Gasteiger partial charge in [0.05, 0.1) is 18.1 Å². The fourth-order valence-electron chi connectivity index (χ4n) is 0.849. The predicted octanol–water partition coefficient (Wildman–Crippen LogP) is 0.319. The molecule has 0 rings (SSSR count). The van der Waals surface area contributed by atoms with Gasteiger partial charge in [0, 0.05) is 6.61 Å². The molecule has 0 radical (unpaired) electrons. The molecule has 4 heteroatoms. The van der Waals surface area contributed by atoms with E-state index < -0.39 is 11.4 Å². The van der Waals surface area contributed by atoms with Crippen LogP contribution in [0.15, 0.2) is 0 Å². The Balaban J connectivity index is 4.28. The minimum absolute atomic E-state index is 0.135. The van der Waals surface area contributed by atoms with Gasteiger partial charge >= 0.3 is 5.97 Å². The molecule has 13 heavy (non-hydrogen) atoms. The minimum atomic E-state index is -0.973. The lowest BCUT2D eigenvalue weighted by atomic mass is 9.88. The van der Waals surface area contributed by atoms with Gasteiger partial charge in [-0.05, 0) is 27.2 Å². The van der Waals surface area contributed by atoms with E-state index >= 15 is 0 Å². The third kappa shape index (κ3) is 3.74. The van der Waals surface area contributed by atoms with Crippen LogP contribution in [-0.2, 0) is 9.53 Å². The molecule has 0 heterocycles. The molecular weight excluding hydrogens is 172 g/mol. The van der Waals surface area contributed by atoms with Crippen molar-refractivity contribution in [2.24, 2.45) is 5.41 Å². The average molecular weight is 190 g/mol. The summed E-state index contributed by atoms with van der Waals surface area (Å²) in [6.07, 6.45) is 0.0202. The van der Waals surface area contributed by atoms with E-state index in [0.717, 1.165) is 0 Å². The highest BCUT2D eigenvalue weighted by atomic mass is 16.5. The molecular formula is C9H18O4. The quantitative estimate of drug-likeness (QED) is 0.613. The number of carbonyl (C=O) groups excluding carboxylic acids is 1. The second-order valence-corrected chi connectivity index (χ2v) is 3.65. The van der Waals surface area contributed by atoms with Crippen molar-refractivity contribution in [1.82, 2.24) is 0 Å². The third-order valence-electron chi connectivity index (χ3n) is 1.85. The summed E-state index contributed by atoms with van der Waals surface area (Å²) in [6.45, 7) is 4.63. The Morgan fingerprint density at radius 3 is 2.31 bits per heavy atom. The first kappa shape index (κ1) is 12.4. The van der Waals surface area contributed by atoms with Crippen molar-refractivity contribution >= 4 is 5.97 Å². The molecule has 0 fully saturated rings. The zero-order chi connectivity index (χ0) is 10.5.